The number of nitrogens with zero attached hydrogens (tertiary/aromatic N) is 1. The van der Waals surface area contributed by atoms with Gasteiger partial charge in [-0.05, 0) is 44.0 Å². The second kappa shape index (κ2) is 5.85. The summed E-state index contributed by atoms with van der Waals surface area (Å²) in [6.07, 6.45) is 3.76. The first-order valence-electron chi connectivity index (χ1n) is 6.16. The molecular formula is C14H20ClNO. The second-order valence-corrected chi connectivity index (χ2v) is 5.28. The summed E-state index contributed by atoms with van der Waals surface area (Å²) in [5.41, 5.74) is 1.35. The lowest BCUT2D eigenvalue weighted by atomic mass is 9.94. The van der Waals surface area contributed by atoms with Crippen LogP contribution in [-0.2, 0) is 11.2 Å². The minimum Gasteiger partial charge on any atom is -0.381 e. The summed E-state index contributed by atoms with van der Waals surface area (Å²) in [7, 11) is 4.02. The van der Waals surface area contributed by atoms with Crippen LogP contribution in [0.2, 0.25) is 5.02 Å². The molecule has 17 heavy (non-hydrogen) atoms. The standard InChI is InChI=1S/C14H20ClNO/c1-16-8-7-14(17-2)10-13(16)9-11-3-5-12(15)6-4-11/h3-6,13-14H,7-10H2,1-2H3/t13-,14-/m0/s1. The summed E-state index contributed by atoms with van der Waals surface area (Å²) >= 11 is 5.90. The highest BCUT2D eigenvalue weighted by Crippen LogP contribution is 2.22. The Morgan fingerprint density at radius 2 is 2.06 bits per heavy atom. The summed E-state index contributed by atoms with van der Waals surface area (Å²) in [4.78, 5) is 2.43. The molecule has 94 valence electrons. The monoisotopic (exact) mass is 253 g/mol. The lowest BCUT2D eigenvalue weighted by Gasteiger charge is -2.36. The van der Waals surface area contributed by atoms with Crippen molar-refractivity contribution in [1.82, 2.24) is 4.90 Å². The Morgan fingerprint density at radius 3 is 2.71 bits per heavy atom. The van der Waals surface area contributed by atoms with Crippen molar-refractivity contribution in [2.75, 3.05) is 20.7 Å². The minimum atomic E-state index is 0.420. The number of halogens is 1. The third-order valence-corrected chi connectivity index (χ3v) is 3.93. The van der Waals surface area contributed by atoms with E-state index in [0.29, 0.717) is 12.1 Å². The first-order chi connectivity index (χ1) is 8.19. The Hall–Kier alpha value is -0.570. The van der Waals surface area contributed by atoms with Gasteiger partial charge in [0.25, 0.3) is 0 Å². The van der Waals surface area contributed by atoms with Gasteiger partial charge in [-0.3, -0.25) is 0 Å². The molecule has 2 atom stereocenters. The topological polar surface area (TPSA) is 12.5 Å². The Kier molecular flexibility index (Phi) is 4.43. The van der Waals surface area contributed by atoms with Gasteiger partial charge in [0.2, 0.25) is 0 Å². The van der Waals surface area contributed by atoms with Crippen molar-refractivity contribution in [1.29, 1.82) is 0 Å². The molecule has 3 heteroatoms. The number of likely N-dealkylation sites (tertiary alicyclic amines) is 1. The molecule has 0 radical (unpaired) electrons. The quantitative estimate of drug-likeness (QED) is 0.821. The number of likely N-dealkylation sites (N-methyl/N-ethyl adjacent to an activating group) is 1. The fourth-order valence-corrected chi connectivity index (χ4v) is 2.60. The number of benzene rings is 1. The molecule has 2 rings (SSSR count). The zero-order valence-corrected chi connectivity index (χ0v) is 11.3. The molecule has 0 aromatic heterocycles. The van der Waals surface area contributed by atoms with Gasteiger partial charge in [-0.1, -0.05) is 23.7 Å². The Labute approximate surface area is 109 Å². The summed E-state index contributed by atoms with van der Waals surface area (Å²) in [6.45, 7) is 1.12. The van der Waals surface area contributed by atoms with Crippen LogP contribution in [0.5, 0.6) is 0 Å². The van der Waals surface area contributed by atoms with E-state index in [-0.39, 0.29) is 0 Å². The average molecular weight is 254 g/mol. The Bertz CT molecular complexity index is 352. The minimum absolute atomic E-state index is 0.420. The molecule has 0 saturated carbocycles. The predicted octanol–water partition coefficient (Wildman–Crippen LogP) is 2.99. The van der Waals surface area contributed by atoms with Gasteiger partial charge in [0, 0.05) is 24.7 Å². The molecule has 0 unspecified atom stereocenters. The molecule has 1 fully saturated rings. The van der Waals surface area contributed by atoms with E-state index in [9.17, 15) is 0 Å². The van der Waals surface area contributed by atoms with Crippen molar-refractivity contribution in [2.45, 2.75) is 31.4 Å². The van der Waals surface area contributed by atoms with Crippen molar-refractivity contribution in [3.05, 3.63) is 34.9 Å². The molecule has 0 bridgehead atoms. The third kappa shape index (κ3) is 3.44. The third-order valence-electron chi connectivity index (χ3n) is 3.68. The molecule has 1 aromatic carbocycles. The van der Waals surface area contributed by atoms with Gasteiger partial charge in [-0.25, -0.2) is 0 Å². The van der Waals surface area contributed by atoms with Crippen LogP contribution in [-0.4, -0.2) is 37.7 Å². The molecule has 0 N–H and O–H groups in total. The molecule has 1 saturated heterocycles. The number of ether oxygens (including phenoxy) is 1. The van der Waals surface area contributed by atoms with Gasteiger partial charge < -0.3 is 9.64 Å². The van der Waals surface area contributed by atoms with E-state index in [1.54, 1.807) is 0 Å². The average Bonchev–Trinajstić information content (AvgIpc) is 2.35. The lowest BCUT2D eigenvalue weighted by Crippen LogP contribution is -2.43. The van der Waals surface area contributed by atoms with Crippen molar-refractivity contribution >= 4 is 11.6 Å². The van der Waals surface area contributed by atoms with E-state index >= 15 is 0 Å². The van der Waals surface area contributed by atoms with Crippen LogP contribution < -0.4 is 0 Å². The molecule has 1 aliphatic heterocycles. The van der Waals surface area contributed by atoms with Gasteiger partial charge >= 0.3 is 0 Å². The molecule has 0 amide bonds. The highest BCUT2D eigenvalue weighted by Gasteiger charge is 2.25. The highest BCUT2D eigenvalue weighted by atomic mass is 35.5. The molecule has 0 spiro atoms. The molecule has 1 aromatic rings. The first kappa shape index (κ1) is 12.9. The van der Waals surface area contributed by atoms with Crippen molar-refractivity contribution in [2.24, 2.45) is 0 Å². The first-order valence-corrected chi connectivity index (χ1v) is 6.54. The Balaban J connectivity index is 1.98. The van der Waals surface area contributed by atoms with Gasteiger partial charge in [0.05, 0.1) is 6.10 Å². The molecule has 0 aliphatic carbocycles. The maximum absolute atomic E-state index is 5.90. The zero-order chi connectivity index (χ0) is 12.3. The highest BCUT2D eigenvalue weighted by molar-refractivity contribution is 6.30. The fourth-order valence-electron chi connectivity index (χ4n) is 2.48. The second-order valence-electron chi connectivity index (χ2n) is 4.85. The van der Waals surface area contributed by atoms with Gasteiger partial charge in [-0.2, -0.15) is 0 Å². The van der Waals surface area contributed by atoms with E-state index in [2.05, 4.69) is 24.1 Å². The van der Waals surface area contributed by atoms with Crippen LogP contribution in [0.3, 0.4) is 0 Å². The van der Waals surface area contributed by atoms with Crippen LogP contribution in [0.1, 0.15) is 18.4 Å². The van der Waals surface area contributed by atoms with Gasteiger partial charge in [0.1, 0.15) is 0 Å². The van der Waals surface area contributed by atoms with Crippen LogP contribution in [0.25, 0.3) is 0 Å². The molecule has 2 nitrogen and oxygen atoms in total. The van der Waals surface area contributed by atoms with E-state index in [1.165, 1.54) is 5.56 Å². The van der Waals surface area contributed by atoms with E-state index in [0.717, 1.165) is 30.8 Å². The number of rotatable bonds is 3. The maximum atomic E-state index is 5.90. The normalized spacial score (nSPS) is 26.1. The summed E-state index contributed by atoms with van der Waals surface area (Å²) < 4.78 is 5.48. The van der Waals surface area contributed by atoms with Crippen molar-refractivity contribution in [3.8, 4) is 0 Å². The number of hydrogen-bond acceptors (Lipinski definition) is 2. The summed E-state index contributed by atoms with van der Waals surface area (Å²) in [5, 5.41) is 0.806. The Morgan fingerprint density at radius 1 is 1.35 bits per heavy atom. The lowest BCUT2D eigenvalue weighted by molar-refractivity contribution is 0.0208. The van der Waals surface area contributed by atoms with Crippen molar-refractivity contribution < 1.29 is 4.74 Å². The van der Waals surface area contributed by atoms with Crippen LogP contribution >= 0.6 is 11.6 Å². The SMILES string of the molecule is CO[C@H]1CCN(C)[C@@H](Cc2ccc(Cl)cc2)C1. The van der Waals surface area contributed by atoms with Crippen LogP contribution in [0.15, 0.2) is 24.3 Å². The predicted molar refractivity (Wildman–Crippen MR) is 71.6 cm³/mol. The van der Waals surface area contributed by atoms with E-state index in [4.69, 9.17) is 16.3 Å². The molecular weight excluding hydrogens is 234 g/mol. The van der Waals surface area contributed by atoms with E-state index < -0.39 is 0 Å². The van der Waals surface area contributed by atoms with Crippen LogP contribution in [0, 0.1) is 0 Å². The molecule has 1 heterocycles. The van der Waals surface area contributed by atoms with Crippen LogP contribution in [0.4, 0.5) is 0 Å². The largest absolute Gasteiger partial charge is 0.381 e. The van der Waals surface area contributed by atoms with E-state index in [1.807, 2.05) is 19.2 Å². The smallest absolute Gasteiger partial charge is 0.0598 e. The van der Waals surface area contributed by atoms with Gasteiger partial charge in [-0.15, -0.1) is 0 Å². The van der Waals surface area contributed by atoms with Crippen molar-refractivity contribution in [3.63, 3.8) is 0 Å². The maximum Gasteiger partial charge on any atom is 0.0598 e. The summed E-state index contributed by atoms with van der Waals surface area (Å²) in [5.74, 6) is 0. The summed E-state index contributed by atoms with van der Waals surface area (Å²) in [6, 6.07) is 8.75. The number of methoxy groups -OCH3 is 1. The van der Waals surface area contributed by atoms with Gasteiger partial charge in [0.15, 0.2) is 0 Å². The number of hydrogen-bond donors (Lipinski definition) is 0. The zero-order valence-electron chi connectivity index (χ0n) is 10.5. The molecule has 1 aliphatic rings. The fraction of sp³-hybridized carbons (Fsp3) is 0.571. The number of piperidine rings is 1.